The van der Waals surface area contributed by atoms with Crippen molar-refractivity contribution in [3.8, 4) is 5.69 Å². The van der Waals surface area contributed by atoms with Crippen molar-refractivity contribution in [3.05, 3.63) is 57.0 Å². The van der Waals surface area contributed by atoms with Gasteiger partial charge in [0.25, 0.3) is 5.91 Å². The molecule has 1 aliphatic rings. The van der Waals surface area contributed by atoms with Gasteiger partial charge in [-0.05, 0) is 49.8 Å². The number of hydrogen-bond donors (Lipinski definition) is 1. The fraction of sp³-hybridized carbons (Fsp3) is 0.211. The molecule has 2 aromatic rings. The molecule has 1 saturated heterocycles. The number of aryl methyl sites for hydroxylation is 1. The zero-order valence-corrected chi connectivity index (χ0v) is 16.9. The van der Waals surface area contributed by atoms with Crippen molar-refractivity contribution in [2.75, 3.05) is 13.7 Å². The molecule has 3 rings (SSSR count). The molecule has 1 aromatic heterocycles. The van der Waals surface area contributed by atoms with Gasteiger partial charge in [-0.2, -0.15) is 0 Å². The van der Waals surface area contributed by atoms with Crippen molar-refractivity contribution >= 4 is 47.2 Å². The average Bonchev–Trinajstić information content (AvgIpc) is 3.07. The van der Waals surface area contributed by atoms with Gasteiger partial charge >= 0.3 is 12.0 Å². The van der Waals surface area contributed by atoms with Crippen molar-refractivity contribution in [2.24, 2.45) is 0 Å². The first kappa shape index (κ1) is 20.0. The number of methoxy groups -OCH3 is 1. The number of imide groups is 1. The molecule has 0 unspecified atom stereocenters. The summed E-state index contributed by atoms with van der Waals surface area (Å²) in [5, 5.41) is 3.38. The second-order valence-electron chi connectivity index (χ2n) is 6.22. The molecule has 7 nitrogen and oxygen atoms in total. The average molecular weight is 422 g/mol. The molecule has 1 fully saturated rings. The van der Waals surface area contributed by atoms with Crippen molar-refractivity contribution in [2.45, 2.75) is 13.8 Å². The monoisotopic (exact) mass is 421 g/mol. The number of ether oxygens (including phenoxy) is 1. The molecule has 3 amide bonds. The number of carbonyl (C=O) groups excluding carboxylic acids is 3. The van der Waals surface area contributed by atoms with Crippen LogP contribution >= 0.6 is 23.2 Å². The summed E-state index contributed by atoms with van der Waals surface area (Å²) >= 11 is 12.1. The van der Waals surface area contributed by atoms with E-state index in [0.717, 1.165) is 27.5 Å². The van der Waals surface area contributed by atoms with Crippen molar-refractivity contribution in [3.63, 3.8) is 0 Å². The molecule has 9 heteroatoms. The summed E-state index contributed by atoms with van der Waals surface area (Å²) in [5.41, 5.74) is 3.40. The van der Waals surface area contributed by atoms with E-state index in [-0.39, 0.29) is 5.70 Å². The van der Waals surface area contributed by atoms with E-state index in [1.807, 2.05) is 30.5 Å². The molecule has 146 valence electrons. The first-order valence-electron chi connectivity index (χ1n) is 8.28. The van der Waals surface area contributed by atoms with E-state index < -0.39 is 24.5 Å². The van der Waals surface area contributed by atoms with Gasteiger partial charge < -0.3 is 14.6 Å². The van der Waals surface area contributed by atoms with Gasteiger partial charge in [0.05, 0.1) is 17.2 Å². The Bertz CT molecular complexity index is 1030. The third kappa shape index (κ3) is 3.63. The van der Waals surface area contributed by atoms with E-state index in [9.17, 15) is 14.4 Å². The van der Waals surface area contributed by atoms with Gasteiger partial charge in [-0.3, -0.25) is 9.59 Å². The number of benzene rings is 1. The topological polar surface area (TPSA) is 80.6 Å². The lowest BCUT2D eigenvalue weighted by molar-refractivity contribution is -0.143. The van der Waals surface area contributed by atoms with Gasteiger partial charge in [0.15, 0.2) is 0 Å². The molecule has 1 N–H and O–H groups in total. The Labute approximate surface area is 171 Å². The molecule has 0 spiro atoms. The quantitative estimate of drug-likeness (QED) is 0.465. The summed E-state index contributed by atoms with van der Waals surface area (Å²) in [6.45, 7) is 3.35. The number of esters is 1. The summed E-state index contributed by atoms with van der Waals surface area (Å²) < 4.78 is 6.47. The maximum Gasteiger partial charge on any atom is 0.329 e. The number of nitrogens with zero attached hydrogens (tertiary/aromatic N) is 2. The first-order valence-corrected chi connectivity index (χ1v) is 9.04. The number of carbonyl (C=O) groups is 3. The summed E-state index contributed by atoms with van der Waals surface area (Å²) in [6, 6.07) is 6.52. The molecule has 2 heterocycles. The molecule has 0 radical (unpaired) electrons. The second kappa shape index (κ2) is 7.69. The van der Waals surface area contributed by atoms with Crippen LogP contribution in [0.2, 0.25) is 10.0 Å². The molecular weight excluding hydrogens is 405 g/mol. The zero-order chi connectivity index (χ0) is 20.6. The molecular formula is C19H17Cl2N3O4. The van der Waals surface area contributed by atoms with E-state index in [4.69, 9.17) is 23.2 Å². The maximum atomic E-state index is 12.5. The molecule has 0 atom stereocenters. The van der Waals surface area contributed by atoms with Crippen LogP contribution in [0.3, 0.4) is 0 Å². The lowest BCUT2D eigenvalue weighted by atomic mass is 10.2. The molecule has 0 saturated carbocycles. The Balaban J connectivity index is 1.95. The highest BCUT2D eigenvalue weighted by atomic mass is 35.5. The Kier molecular flexibility index (Phi) is 5.49. The van der Waals surface area contributed by atoms with E-state index >= 15 is 0 Å². The maximum absolute atomic E-state index is 12.5. The van der Waals surface area contributed by atoms with Crippen LogP contribution < -0.4 is 5.32 Å². The van der Waals surface area contributed by atoms with E-state index in [0.29, 0.717) is 10.0 Å². The molecule has 0 bridgehead atoms. The zero-order valence-electron chi connectivity index (χ0n) is 15.4. The third-order valence-corrected chi connectivity index (χ3v) is 5.15. The number of amides is 3. The summed E-state index contributed by atoms with van der Waals surface area (Å²) in [7, 11) is 1.19. The van der Waals surface area contributed by atoms with Crippen LogP contribution in [0.1, 0.15) is 17.0 Å². The molecule has 0 aliphatic carbocycles. The van der Waals surface area contributed by atoms with Crippen molar-refractivity contribution in [1.82, 2.24) is 14.8 Å². The second-order valence-corrected chi connectivity index (χ2v) is 7.03. The van der Waals surface area contributed by atoms with E-state index in [1.165, 1.54) is 7.11 Å². The van der Waals surface area contributed by atoms with Gasteiger partial charge in [0.1, 0.15) is 12.2 Å². The van der Waals surface area contributed by atoms with Crippen LogP contribution in [-0.2, 0) is 14.3 Å². The fourth-order valence-corrected chi connectivity index (χ4v) is 3.31. The number of halogens is 2. The predicted octanol–water partition coefficient (Wildman–Crippen LogP) is 3.47. The molecule has 1 aliphatic heterocycles. The Morgan fingerprint density at radius 2 is 1.89 bits per heavy atom. The summed E-state index contributed by atoms with van der Waals surface area (Å²) in [6.07, 6.45) is 1.58. The molecule has 28 heavy (non-hydrogen) atoms. The number of nitrogens with one attached hydrogen (secondary N) is 1. The summed E-state index contributed by atoms with van der Waals surface area (Å²) in [5.74, 6) is -1.27. The lowest BCUT2D eigenvalue weighted by Crippen LogP contribution is -2.36. The minimum atomic E-state index is -0.678. The largest absolute Gasteiger partial charge is 0.468 e. The predicted molar refractivity (Wildman–Crippen MR) is 106 cm³/mol. The number of rotatable bonds is 4. The first-order chi connectivity index (χ1) is 13.2. The van der Waals surface area contributed by atoms with Crippen LogP contribution in [0, 0.1) is 13.8 Å². The minimum absolute atomic E-state index is 0.0864. The highest BCUT2D eigenvalue weighted by Crippen LogP contribution is 2.28. The third-order valence-electron chi connectivity index (χ3n) is 4.41. The van der Waals surface area contributed by atoms with Gasteiger partial charge in [0, 0.05) is 17.1 Å². The van der Waals surface area contributed by atoms with Crippen LogP contribution in [-0.4, -0.2) is 41.0 Å². The fourth-order valence-electron chi connectivity index (χ4n) is 3.02. The van der Waals surface area contributed by atoms with Gasteiger partial charge in [-0.25, -0.2) is 9.69 Å². The normalized spacial score (nSPS) is 15.3. The number of hydrogen-bond acceptors (Lipinski definition) is 4. The summed E-state index contributed by atoms with van der Waals surface area (Å²) in [4.78, 5) is 36.6. The Hall–Kier alpha value is -2.77. The van der Waals surface area contributed by atoms with Crippen molar-refractivity contribution in [1.29, 1.82) is 0 Å². The highest BCUT2D eigenvalue weighted by Gasteiger charge is 2.35. The van der Waals surface area contributed by atoms with Gasteiger partial charge in [0.2, 0.25) is 0 Å². The van der Waals surface area contributed by atoms with E-state index in [1.54, 1.807) is 18.2 Å². The Morgan fingerprint density at radius 1 is 1.18 bits per heavy atom. The number of aromatic nitrogens is 1. The van der Waals surface area contributed by atoms with Crippen LogP contribution in [0.4, 0.5) is 4.79 Å². The van der Waals surface area contributed by atoms with Crippen LogP contribution in [0.15, 0.2) is 30.0 Å². The lowest BCUT2D eigenvalue weighted by Gasteiger charge is -2.10. The van der Waals surface area contributed by atoms with Crippen LogP contribution in [0.25, 0.3) is 11.8 Å². The number of urea groups is 1. The van der Waals surface area contributed by atoms with Gasteiger partial charge in [-0.15, -0.1) is 0 Å². The van der Waals surface area contributed by atoms with Gasteiger partial charge in [-0.1, -0.05) is 23.2 Å². The standard InChI is InChI=1S/C19H17Cl2N3O4/c1-10-6-12(11(2)24(10)13-4-5-14(20)15(21)8-13)7-16-18(26)23(19(27)22-16)9-17(25)28-3/h4-8H,9H2,1-3H3,(H,22,27)/b16-7-. The molecule has 1 aromatic carbocycles. The smallest absolute Gasteiger partial charge is 0.329 e. The highest BCUT2D eigenvalue weighted by molar-refractivity contribution is 6.42. The van der Waals surface area contributed by atoms with E-state index in [2.05, 4.69) is 10.1 Å². The van der Waals surface area contributed by atoms with Crippen molar-refractivity contribution < 1.29 is 19.1 Å². The Morgan fingerprint density at radius 3 is 2.54 bits per heavy atom. The van der Waals surface area contributed by atoms with Crippen LogP contribution in [0.5, 0.6) is 0 Å². The minimum Gasteiger partial charge on any atom is -0.468 e. The SMILES string of the molecule is COC(=O)CN1C(=O)N/C(=C\c2cc(C)n(-c3ccc(Cl)c(Cl)c3)c2C)C1=O.